The van der Waals surface area contributed by atoms with Crippen molar-refractivity contribution in [3.8, 4) is 5.75 Å². The number of methoxy groups -OCH3 is 1. The van der Waals surface area contributed by atoms with Crippen molar-refractivity contribution in [2.45, 2.75) is 51.7 Å². The zero-order valence-electron chi connectivity index (χ0n) is 13.3. The summed E-state index contributed by atoms with van der Waals surface area (Å²) in [7, 11) is 1.66. The predicted octanol–water partition coefficient (Wildman–Crippen LogP) is 2.57. The minimum Gasteiger partial charge on any atom is -0.497 e. The number of likely N-dealkylation sites (tertiary alicyclic amines) is 1. The smallest absolute Gasteiger partial charge is 0.237 e. The van der Waals surface area contributed by atoms with Gasteiger partial charge >= 0.3 is 0 Å². The van der Waals surface area contributed by atoms with E-state index < -0.39 is 0 Å². The van der Waals surface area contributed by atoms with E-state index in [1.807, 2.05) is 29.2 Å². The molecule has 1 aliphatic rings. The van der Waals surface area contributed by atoms with Gasteiger partial charge in [-0.3, -0.25) is 4.79 Å². The van der Waals surface area contributed by atoms with Gasteiger partial charge in [-0.05, 0) is 50.8 Å². The summed E-state index contributed by atoms with van der Waals surface area (Å²) in [6.07, 6.45) is 3.46. The van der Waals surface area contributed by atoms with Crippen molar-refractivity contribution in [2.24, 2.45) is 0 Å². The second-order valence-corrected chi connectivity index (χ2v) is 5.89. The van der Waals surface area contributed by atoms with E-state index in [1.165, 1.54) is 6.42 Å². The Bertz CT molecular complexity index is 466. The van der Waals surface area contributed by atoms with Crippen molar-refractivity contribution in [2.75, 3.05) is 13.7 Å². The third-order valence-corrected chi connectivity index (χ3v) is 4.22. The molecule has 1 saturated heterocycles. The minimum absolute atomic E-state index is 0.206. The van der Waals surface area contributed by atoms with E-state index >= 15 is 0 Å². The first-order valence-corrected chi connectivity index (χ1v) is 7.76. The van der Waals surface area contributed by atoms with Crippen LogP contribution < -0.4 is 10.1 Å². The van der Waals surface area contributed by atoms with Crippen molar-refractivity contribution in [3.63, 3.8) is 0 Å². The Morgan fingerprint density at radius 1 is 1.33 bits per heavy atom. The van der Waals surface area contributed by atoms with Crippen LogP contribution in [0.2, 0.25) is 0 Å². The Hall–Kier alpha value is -1.55. The van der Waals surface area contributed by atoms with Crippen LogP contribution in [0.3, 0.4) is 0 Å². The second kappa shape index (κ2) is 7.46. The molecular formula is C17H26N2O2. The fourth-order valence-electron chi connectivity index (χ4n) is 3.10. The summed E-state index contributed by atoms with van der Waals surface area (Å²) in [6.45, 7) is 5.37. The van der Waals surface area contributed by atoms with Gasteiger partial charge in [0.05, 0.1) is 13.7 Å². The number of hydrogen-bond acceptors (Lipinski definition) is 3. The van der Waals surface area contributed by atoms with Crippen LogP contribution >= 0.6 is 0 Å². The Balaban J connectivity index is 1.83. The molecule has 21 heavy (non-hydrogen) atoms. The third kappa shape index (κ3) is 4.21. The number of piperidine rings is 1. The van der Waals surface area contributed by atoms with Crippen LogP contribution in [-0.4, -0.2) is 36.5 Å². The van der Waals surface area contributed by atoms with E-state index in [-0.39, 0.29) is 5.91 Å². The van der Waals surface area contributed by atoms with Gasteiger partial charge < -0.3 is 15.0 Å². The first-order valence-electron chi connectivity index (χ1n) is 7.76. The first kappa shape index (κ1) is 15.8. The molecular weight excluding hydrogens is 264 g/mol. The number of rotatable bonds is 5. The van der Waals surface area contributed by atoms with E-state index in [2.05, 4.69) is 19.2 Å². The number of hydrogen-bond donors (Lipinski definition) is 1. The normalized spacial score (nSPS) is 22.1. The zero-order chi connectivity index (χ0) is 15.2. The Kier molecular flexibility index (Phi) is 5.62. The fraction of sp³-hybridized carbons (Fsp3) is 0.588. The fourth-order valence-corrected chi connectivity index (χ4v) is 3.10. The Morgan fingerprint density at radius 3 is 2.71 bits per heavy atom. The highest BCUT2D eigenvalue weighted by atomic mass is 16.5. The molecule has 1 amide bonds. The summed E-state index contributed by atoms with van der Waals surface area (Å²) < 4.78 is 5.20. The molecule has 0 saturated carbocycles. The number of ether oxygens (including phenoxy) is 1. The molecule has 1 aliphatic heterocycles. The molecule has 0 aromatic heterocycles. The number of carbonyl (C=O) groups excluding carboxylic acids is 1. The van der Waals surface area contributed by atoms with Crippen molar-refractivity contribution >= 4 is 5.91 Å². The molecule has 0 aliphatic carbocycles. The standard InChI is InChI=1S/C17H26N2O2/c1-13-6-4-7-14(2)19(13)17(20)12-18-11-15-8-5-9-16(10-15)21-3/h5,8-10,13-14,18H,4,6-7,11-12H2,1-3H3/t13-,14-/m0/s1. The van der Waals surface area contributed by atoms with E-state index in [4.69, 9.17) is 4.74 Å². The molecule has 0 bridgehead atoms. The quantitative estimate of drug-likeness (QED) is 0.906. The van der Waals surface area contributed by atoms with Crippen molar-refractivity contribution in [1.29, 1.82) is 0 Å². The molecule has 1 aromatic rings. The predicted molar refractivity (Wildman–Crippen MR) is 84.3 cm³/mol. The summed E-state index contributed by atoms with van der Waals surface area (Å²) in [5, 5.41) is 3.24. The second-order valence-electron chi connectivity index (χ2n) is 5.89. The number of nitrogens with zero attached hydrogens (tertiary/aromatic N) is 1. The van der Waals surface area contributed by atoms with Gasteiger partial charge in [-0.1, -0.05) is 12.1 Å². The largest absolute Gasteiger partial charge is 0.497 e. The summed E-state index contributed by atoms with van der Waals surface area (Å²) in [4.78, 5) is 14.4. The summed E-state index contributed by atoms with van der Waals surface area (Å²) in [5.41, 5.74) is 1.13. The lowest BCUT2D eigenvalue weighted by molar-refractivity contribution is -0.136. The molecule has 1 N–H and O–H groups in total. The van der Waals surface area contributed by atoms with E-state index in [0.29, 0.717) is 25.2 Å². The zero-order valence-corrected chi connectivity index (χ0v) is 13.3. The van der Waals surface area contributed by atoms with Crippen LogP contribution in [0.25, 0.3) is 0 Å². The third-order valence-electron chi connectivity index (χ3n) is 4.22. The molecule has 1 heterocycles. The van der Waals surface area contributed by atoms with E-state index in [9.17, 15) is 4.79 Å². The van der Waals surface area contributed by atoms with Crippen LogP contribution in [0.15, 0.2) is 24.3 Å². The molecule has 0 unspecified atom stereocenters. The van der Waals surface area contributed by atoms with Gasteiger partial charge in [-0.2, -0.15) is 0 Å². The topological polar surface area (TPSA) is 41.6 Å². The van der Waals surface area contributed by atoms with Crippen LogP contribution in [-0.2, 0) is 11.3 Å². The lowest BCUT2D eigenvalue weighted by atomic mass is 9.97. The molecule has 4 heteroatoms. The average molecular weight is 290 g/mol. The maximum absolute atomic E-state index is 12.4. The van der Waals surface area contributed by atoms with E-state index in [1.54, 1.807) is 7.11 Å². The molecule has 1 aromatic carbocycles. The first-order chi connectivity index (χ1) is 10.1. The molecule has 1 fully saturated rings. The van der Waals surface area contributed by atoms with Crippen LogP contribution in [0.4, 0.5) is 0 Å². The minimum atomic E-state index is 0.206. The van der Waals surface area contributed by atoms with Gasteiger partial charge in [0.25, 0.3) is 0 Å². The van der Waals surface area contributed by atoms with Crippen LogP contribution in [0.1, 0.15) is 38.7 Å². The monoisotopic (exact) mass is 290 g/mol. The van der Waals surface area contributed by atoms with Gasteiger partial charge in [0.15, 0.2) is 0 Å². The molecule has 2 atom stereocenters. The lowest BCUT2D eigenvalue weighted by Crippen LogP contribution is -2.50. The lowest BCUT2D eigenvalue weighted by Gasteiger charge is -2.39. The van der Waals surface area contributed by atoms with Gasteiger partial charge in [-0.15, -0.1) is 0 Å². The number of nitrogens with one attached hydrogen (secondary N) is 1. The average Bonchev–Trinajstić information content (AvgIpc) is 2.47. The Labute approximate surface area is 127 Å². The highest BCUT2D eigenvalue weighted by Crippen LogP contribution is 2.22. The molecule has 2 rings (SSSR count). The number of carbonyl (C=O) groups is 1. The van der Waals surface area contributed by atoms with Gasteiger partial charge in [0, 0.05) is 18.6 Å². The number of benzene rings is 1. The summed E-state index contributed by atoms with van der Waals surface area (Å²) >= 11 is 0. The van der Waals surface area contributed by atoms with Crippen molar-refractivity contribution in [3.05, 3.63) is 29.8 Å². The van der Waals surface area contributed by atoms with Crippen molar-refractivity contribution in [1.82, 2.24) is 10.2 Å². The van der Waals surface area contributed by atoms with Gasteiger partial charge in [0.1, 0.15) is 5.75 Å². The molecule has 0 spiro atoms. The van der Waals surface area contributed by atoms with E-state index in [0.717, 1.165) is 24.2 Å². The Morgan fingerprint density at radius 2 is 2.05 bits per heavy atom. The summed E-state index contributed by atoms with van der Waals surface area (Å²) in [5.74, 6) is 1.05. The summed E-state index contributed by atoms with van der Waals surface area (Å²) in [6, 6.07) is 8.63. The van der Waals surface area contributed by atoms with Crippen molar-refractivity contribution < 1.29 is 9.53 Å². The van der Waals surface area contributed by atoms with Crippen LogP contribution in [0, 0.1) is 0 Å². The highest BCUT2D eigenvalue weighted by molar-refractivity contribution is 5.79. The van der Waals surface area contributed by atoms with Gasteiger partial charge in [-0.25, -0.2) is 0 Å². The molecule has 4 nitrogen and oxygen atoms in total. The maximum atomic E-state index is 12.4. The molecule has 0 radical (unpaired) electrons. The van der Waals surface area contributed by atoms with Crippen LogP contribution in [0.5, 0.6) is 5.75 Å². The maximum Gasteiger partial charge on any atom is 0.237 e. The number of amides is 1. The SMILES string of the molecule is COc1cccc(CNCC(=O)N2[C@@H](C)CCC[C@@H]2C)c1. The van der Waals surface area contributed by atoms with Gasteiger partial charge in [0.2, 0.25) is 5.91 Å². The highest BCUT2D eigenvalue weighted by Gasteiger charge is 2.28. The molecule has 116 valence electrons.